The average molecular weight is 302 g/mol. The number of aliphatic hydroxyl groups is 4. The number of aliphatic hydroxyl groups excluding tert-OH is 4. The lowest BCUT2D eigenvalue weighted by atomic mass is 10.00. The molecule has 1 fully saturated rings. The van der Waals surface area contributed by atoms with Crippen LogP contribution in [-0.2, 0) is 11.3 Å². The molecule has 0 unspecified atom stereocenters. The van der Waals surface area contributed by atoms with E-state index >= 15 is 0 Å². The van der Waals surface area contributed by atoms with Crippen LogP contribution in [0.2, 0.25) is 0 Å². The molecule has 1 aromatic carbocycles. The van der Waals surface area contributed by atoms with E-state index in [0.29, 0.717) is 5.75 Å². The van der Waals surface area contributed by atoms with E-state index in [1.807, 2.05) is 0 Å². The van der Waals surface area contributed by atoms with Gasteiger partial charge in [-0.1, -0.05) is 12.1 Å². The number of rotatable bonds is 4. The second-order valence-electron chi connectivity index (χ2n) is 4.61. The van der Waals surface area contributed by atoms with Gasteiger partial charge in [-0.25, -0.2) is 0 Å². The molecule has 1 aromatic rings. The van der Waals surface area contributed by atoms with Crippen molar-refractivity contribution in [3.05, 3.63) is 29.8 Å². The highest BCUT2D eigenvalue weighted by Crippen LogP contribution is 2.27. The quantitative estimate of drug-likeness (QED) is 0.472. The first-order valence-electron chi connectivity index (χ1n) is 6.23. The second-order valence-corrected chi connectivity index (χ2v) is 5.12. The largest absolute Gasteiger partial charge is 0.484 e. The fourth-order valence-corrected chi connectivity index (χ4v) is 2.42. The Morgan fingerprint density at radius 1 is 1.10 bits per heavy atom. The minimum atomic E-state index is -1.25. The van der Waals surface area contributed by atoms with Crippen LogP contribution in [0.25, 0.3) is 0 Å². The summed E-state index contributed by atoms with van der Waals surface area (Å²) in [5.41, 5.74) is -0.0383. The molecule has 0 aromatic heterocycles. The summed E-state index contributed by atoms with van der Waals surface area (Å²) in [7, 11) is 0. The first kappa shape index (κ1) is 15.6. The molecule has 0 radical (unpaired) electrons. The molecule has 0 aliphatic carbocycles. The molecule has 20 heavy (non-hydrogen) atoms. The monoisotopic (exact) mass is 302 g/mol. The van der Waals surface area contributed by atoms with Crippen LogP contribution in [0, 0.1) is 0 Å². The van der Waals surface area contributed by atoms with Gasteiger partial charge in [0.25, 0.3) is 0 Å². The molecule has 1 heterocycles. The predicted octanol–water partition coefficient (Wildman–Crippen LogP) is -0.705. The molecule has 2 rings (SSSR count). The highest BCUT2D eigenvalue weighted by molar-refractivity contribution is 7.80. The van der Waals surface area contributed by atoms with Gasteiger partial charge in [0.1, 0.15) is 29.5 Å². The molecule has 0 amide bonds. The lowest BCUT2D eigenvalue weighted by Gasteiger charge is -2.40. The minimum absolute atomic E-state index is 0.0679. The van der Waals surface area contributed by atoms with E-state index in [1.54, 1.807) is 24.3 Å². The predicted molar refractivity (Wildman–Crippen MR) is 73.5 cm³/mol. The van der Waals surface area contributed by atoms with E-state index in [1.165, 1.54) is 0 Å². The average Bonchev–Trinajstić information content (AvgIpc) is 2.48. The van der Waals surface area contributed by atoms with Crippen molar-refractivity contribution in [1.29, 1.82) is 0 Å². The van der Waals surface area contributed by atoms with Crippen LogP contribution in [0.15, 0.2) is 24.3 Å². The Kier molecular flexibility index (Phi) is 5.25. The molecule has 1 aliphatic rings. The molecule has 0 spiro atoms. The molecular weight excluding hydrogens is 284 g/mol. The van der Waals surface area contributed by atoms with Crippen LogP contribution >= 0.6 is 12.6 Å². The normalized spacial score (nSPS) is 34.0. The first-order valence-corrected chi connectivity index (χ1v) is 6.75. The zero-order valence-electron chi connectivity index (χ0n) is 10.7. The van der Waals surface area contributed by atoms with Crippen molar-refractivity contribution in [1.82, 2.24) is 0 Å². The Morgan fingerprint density at radius 2 is 1.75 bits per heavy atom. The Morgan fingerprint density at radius 3 is 2.30 bits per heavy atom. The smallest absolute Gasteiger partial charge is 0.162 e. The van der Waals surface area contributed by atoms with Crippen molar-refractivity contribution in [2.24, 2.45) is 0 Å². The van der Waals surface area contributed by atoms with Gasteiger partial charge >= 0.3 is 0 Å². The number of benzene rings is 1. The summed E-state index contributed by atoms with van der Waals surface area (Å²) < 4.78 is 10.9. The zero-order chi connectivity index (χ0) is 14.7. The van der Waals surface area contributed by atoms with Crippen LogP contribution in [0.4, 0.5) is 0 Å². The Balaban J connectivity index is 2.07. The molecule has 5 atom stereocenters. The van der Waals surface area contributed by atoms with Gasteiger partial charge in [-0.05, 0) is 17.7 Å². The number of thiol groups is 1. The lowest BCUT2D eigenvalue weighted by Crippen LogP contribution is -2.58. The lowest BCUT2D eigenvalue weighted by molar-refractivity contribution is -0.198. The molecule has 4 N–H and O–H groups in total. The van der Waals surface area contributed by atoms with Crippen LogP contribution in [-0.4, -0.2) is 56.9 Å². The molecule has 112 valence electrons. The maximum absolute atomic E-state index is 10.0. The topological polar surface area (TPSA) is 99.4 Å². The summed E-state index contributed by atoms with van der Waals surface area (Å²) >= 11 is 4.17. The van der Waals surface area contributed by atoms with E-state index in [4.69, 9.17) is 19.7 Å². The molecule has 0 bridgehead atoms. The van der Waals surface area contributed by atoms with Gasteiger partial charge in [-0.15, -0.1) is 12.6 Å². The first-order chi connectivity index (χ1) is 9.56. The molecule has 7 heteroatoms. The van der Waals surface area contributed by atoms with Crippen LogP contribution in [0.5, 0.6) is 5.75 Å². The van der Waals surface area contributed by atoms with Crippen molar-refractivity contribution in [3.63, 3.8) is 0 Å². The zero-order valence-corrected chi connectivity index (χ0v) is 11.6. The SMILES string of the molecule is OCc1ccc(O[C@@H]2[C@@H](O)[C@H](O)[C@@H](CO)O[C@H]2S)cc1. The fraction of sp³-hybridized carbons (Fsp3) is 0.538. The van der Waals surface area contributed by atoms with Crippen molar-refractivity contribution in [2.75, 3.05) is 6.61 Å². The minimum Gasteiger partial charge on any atom is -0.484 e. The number of hydrogen-bond acceptors (Lipinski definition) is 7. The Labute approximate surface area is 122 Å². The highest BCUT2D eigenvalue weighted by Gasteiger charge is 2.44. The van der Waals surface area contributed by atoms with Gasteiger partial charge in [0.05, 0.1) is 13.2 Å². The van der Waals surface area contributed by atoms with Gasteiger partial charge in [-0.2, -0.15) is 0 Å². The van der Waals surface area contributed by atoms with Crippen LogP contribution in [0.1, 0.15) is 5.56 Å². The van der Waals surface area contributed by atoms with E-state index in [-0.39, 0.29) is 6.61 Å². The molecular formula is C13H18O6S. The molecule has 6 nitrogen and oxygen atoms in total. The Hall–Kier alpha value is -0.830. The number of hydrogen-bond donors (Lipinski definition) is 5. The maximum Gasteiger partial charge on any atom is 0.162 e. The van der Waals surface area contributed by atoms with E-state index in [0.717, 1.165) is 5.56 Å². The van der Waals surface area contributed by atoms with Crippen molar-refractivity contribution >= 4 is 12.6 Å². The second kappa shape index (κ2) is 6.75. The fourth-order valence-electron chi connectivity index (χ4n) is 2.03. The summed E-state index contributed by atoms with van der Waals surface area (Å²) in [4.78, 5) is 0. The maximum atomic E-state index is 10.0. The van der Waals surface area contributed by atoms with Crippen molar-refractivity contribution in [3.8, 4) is 5.75 Å². The van der Waals surface area contributed by atoms with Crippen molar-refractivity contribution in [2.45, 2.75) is 36.5 Å². The van der Waals surface area contributed by atoms with Gasteiger partial charge in [0, 0.05) is 0 Å². The third-order valence-electron chi connectivity index (χ3n) is 3.22. The highest BCUT2D eigenvalue weighted by atomic mass is 32.1. The Bertz CT molecular complexity index is 425. The molecule has 0 saturated carbocycles. The third-order valence-corrected chi connectivity index (χ3v) is 3.64. The third kappa shape index (κ3) is 3.25. The van der Waals surface area contributed by atoms with Gasteiger partial charge in [-0.3, -0.25) is 0 Å². The van der Waals surface area contributed by atoms with Gasteiger partial charge in [0.15, 0.2) is 6.10 Å². The van der Waals surface area contributed by atoms with Crippen LogP contribution in [0.3, 0.4) is 0 Å². The summed E-state index contributed by atoms with van der Waals surface area (Å²) in [5.74, 6) is 0.462. The summed E-state index contributed by atoms with van der Waals surface area (Å²) in [6, 6.07) is 6.66. The van der Waals surface area contributed by atoms with Gasteiger partial charge < -0.3 is 29.9 Å². The van der Waals surface area contributed by atoms with Gasteiger partial charge in [0.2, 0.25) is 0 Å². The van der Waals surface area contributed by atoms with E-state index in [9.17, 15) is 10.2 Å². The molecule has 1 aliphatic heterocycles. The molecule has 1 saturated heterocycles. The standard InChI is InChI=1S/C13H18O6S/c14-5-7-1-3-8(4-2-7)18-12-11(17)10(16)9(6-15)19-13(12)20/h1-4,9-17,20H,5-6H2/t9-,10-,11+,12-,13+/m1/s1. The van der Waals surface area contributed by atoms with E-state index in [2.05, 4.69) is 12.6 Å². The summed E-state index contributed by atoms with van der Waals surface area (Å²) in [6.45, 7) is -0.477. The van der Waals surface area contributed by atoms with E-state index < -0.39 is 36.5 Å². The summed E-state index contributed by atoms with van der Waals surface area (Å²) in [5, 5.41) is 37.8. The van der Waals surface area contributed by atoms with Crippen molar-refractivity contribution < 1.29 is 29.9 Å². The summed E-state index contributed by atoms with van der Waals surface area (Å²) in [6.07, 6.45) is -4.22. The van der Waals surface area contributed by atoms with Crippen LogP contribution < -0.4 is 4.74 Å². The number of ether oxygens (including phenoxy) is 2.